The van der Waals surface area contributed by atoms with E-state index in [-0.39, 0.29) is 12.4 Å². The van der Waals surface area contributed by atoms with Crippen LogP contribution in [0.25, 0.3) is 0 Å². The van der Waals surface area contributed by atoms with Gasteiger partial charge in [0, 0.05) is 12.6 Å². The van der Waals surface area contributed by atoms with Gasteiger partial charge < -0.3 is 15.2 Å². The van der Waals surface area contributed by atoms with Crippen LogP contribution >= 0.6 is 0 Å². The molecule has 0 amide bonds. The zero-order chi connectivity index (χ0) is 11.7. The van der Waals surface area contributed by atoms with Crippen LogP contribution in [0.2, 0.25) is 0 Å². The van der Waals surface area contributed by atoms with Gasteiger partial charge in [0.15, 0.2) is 0 Å². The molecule has 15 heavy (non-hydrogen) atoms. The first-order valence-electron chi connectivity index (χ1n) is 5.67. The van der Waals surface area contributed by atoms with Gasteiger partial charge in [-0.15, -0.1) is 0 Å². The molecule has 0 rings (SSSR count). The van der Waals surface area contributed by atoms with E-state index < -0.39 is 6.10 Å². The monoisotopic (exact) mass is 217 g/mol. The molecule has 2 N–H and O–H groups in total. The number of carbonyl (C=O) groups excluding carboxylic acids is 1. The first-order valence-corrected chi connectivity index (χ1v) is 5.67. The summed E-state index contributed by atoms with van der Waals surface area (Å²) in [6, 6.07) is 0.381. The molecule has 0 saturated heterocycles. The smallest absolute Gasteiger partial charge is 0.308 e. The van der Waals surface area contributed by atoms with Gasteiger partial charge in [-0.1, -0.05) is 13.3 Å². The predicted molar refractivity (Wildman–Crippen MR) is 59.6 cm³/mol. The van der Waals surface area contributed by atoms with E-state index in [0.717, 1.165) is 12.8 Å². The lowest BCUT2D eigenvalue weighted by Crippen LogP contribution is -2.35. The highest BCUT2D eigenvalue weighted by atomic mass is 16.5. The summed E-state index contributed by atoms with van der Waals surface area (Å²) < 4.78 is 4.74. The van der Waals surface area contributed by atoms with Crippen molar-refractivity contribution in [2.45, 2.75) is 52.2 Å². The minimum absolute atomic E-state index is 0.0691. The van der Waals surface area contributed by atoms with E-state index in [2.05, 4.69) is 19.2 Å². The van der Waals surface area contributed by atoms with Gasteiger partial charge in [0.2, 0.25) is 0 Å². The fraction of sp³-hybridized carbons (Fsp3) is 0.909. The lowest BCUT2D eigenvalue weighted by atomic mass is 10.2. The highest BCUT2D eigenvalue weighted by Crippen LogP contribution is 1.97. The third kappa shape index (κ3) is 8.39. The Bertz CT molecular complexity index is 173. The molecule has 0 fully saturated rings. The second kappa shape index (κ2) is 8.68. The highest BCUT2D eigenvalue weighted by Gasteiger charge is 2.12. The van der Waals surface area contributed by atoms with Crippen molar-refractivity contribution in [2.75, 3.05) is 13.2 Å². The topological polar surface area (TPSA) is 58.6 Å². The van der Waals surface area contributed by atoms with Crippen LogP contribution in [0.1, 0.15) is 40.0 Å². The van der Waals surface area contributed by atoms with E-state index in [4.69, 9.17) is 4.74 Å². The Balaban J connectivity index is 3.56. The first kappa shape index (κ1) is 14.4. The summed E-state index contributed by atoms with van der Waals surface area (Å²) in [5, 5.41) is 12.7. The average molecular weight is 217 g/mol. The molecule has 0 aromatic rings. The summed E-state index contributed by atoms with van der Waals surface area (Å²) in [6.07, 6.45) is 1.61. The molecule has 0 aromatic carbocycles. The summed E-state index contributed by atoms with van der Waals surface area (Å²) in [5.74, 6) is -0.338. The van der Waals surface area contributed by atoms with Gasteiger partial charge >= 0.3 is 5.97 Å². The van der Waals surface area contributed by atoms with Crippen molar-refractivity contribution in [3.63, 3.8) is 0 Å². The number of aliphatic hydroxyl groups is 1. The third-order valence-corrected chi connectivity index (χ3v) is 2.13. The van der Waals surface area contributed by atoms with Crippen LogP contribution in [0, 0.1) is 0 Å². The Hall–Kier alpha value is -0.610. The fourth-order valence-corrected chi connectivity index (χ4v) is 1.36. The molecule has 0 spiro atoms. The zero-order valence-corrected chi connectivity index (χ0v) is 9.95. The molecule has 0 heterocycles. The molecular formula is C11H23NO3. The number of aliphatic hydroxyl groups excluding tert-OH is 1. The Morgan fingerprint density at radius 3 is 2.67 bits per heavy atom. The normalized spacial score (nSPS) is 14.7. The molecule has 2 atom stereocenters. The van der Waals surface area contributed by atoms with Crippen LogP contribution < -0.4 is 5.32 Å². The van der Waals surface area contributed by atoms with E-state index in [1.807, 2.05) is 0 Å². The van der Waals surface area contributed by atoms with Crippen molar-refractivity contribution < 1.29 is 14.6 Å². The van der Waals surface area contributed by atoms with Crippen LogP contribution in [-0.2, 0) is 9.53 Å². The van der Waals surface area contributed by atoms with Crippen molar-refractivity contribution >= 4 is 5.97 Å². The molecule has 4 nitrogen and oxygen atoms in total. The molecule has 0 aliphatic heterocycles. The lowest BCUT2D eigenvalue weighted by Gasteiger charge is -2.15. The van der Waals surface area contributed by atoms with Gasteiger partial charge in [-0.3, -0.25) is 4.79 Å². The molecular weight excluding hydrogens is 194 g/mol. The van der Waals surface area contributed by atoms with Gasteiger partial charge in [0.1, 0.15) is 0 Å². The summed E-state index contributed by atoms with van der Waals surface area (Å²) in [6.45, 7) is 6.75. The summed E-state index contributed by atoms with van der Waals surface area (Å²) in [5.41, 5.74) is 0. The Morgan fingerprint density at radius 1 is 1.47 bits per heavy atom. The minimum atomic E-state index is -0.650. The zero-order valence-electron chi connectivity index (χ0n) is 9.95. The van der Waals surface area contributed by atoms with Crippen LogP contribution in [0.5, 0.6) is 0 Å². The molecule has 0 saturated carbocycles. The Kier molecular flexibility index (Phi) is 8.33. The number of rotatable bonds is 8. The second-order valence-electron chi connectivity index (χ2n) is 3.76. The maximum Gasteiger partial charge on any atom is 0.308 e. The number of esters is 1. The second-order valence-corrected chi connectivity index (χ2v) is 3.76. The molecule has 2 unspecified atom stereocenters. The fourth-order valence-electron chi connectivity index (χ4n) is 1.36. The van der Waals surface area contributed by atoms with Gasteiger partial charge in [-0.2, -0.15) is 0 Å². The summed E-state index contributed by atoms with van der Waals surface area (Å²) in [7, 11) is 0. The third-order valence-electron chi connectivity index (χ3n) is 2.13. The maximum absolute atomic E-state index is 11.0. The van der Waals surface area contributed by atoms with Gasteiger partial charge in [0.25, 0.3) is 0 Å². The number of ether oxygens (including phenoxy) is 1. The molecule has 0 radical (unpaired) electrons. The van der Waals surface area contributed by atoms with E-state index in [0.29, 0.717) is 19.2 Å². The van der Waals surface area contributed by atoms with Crippen molar-refractivity contribution in [3.8, 4) is 0 Å². The largest absolute Gasteiger partial charge is 0.466 e. The van der Waals surface area contributed by atoms with E-state index >= 15 is 0 Å². The van der Waals surface area contributed by atoms with Crippen molar-refractivity contribution in [1.82, 2.24) is 5.32 Å². The van der Waals surface area contributed by atoms with Crippen LogP contribution in [0.15, 0.2) is 0 Å². The number of carbonyl (C=O) groups is 1. The highest BCUT2D eigenvalue weighted by molar-refractivity contribution is 5.69. The van der Waals surface area contributed by atoms with E-state index in [1.54, 1.807) is 6.92 Å². The number of hydrogen-bond donors (Lipinski definition) is 2. The minimum Gasteiger partial charge on any atom is -0.466 e. The molecule has 0 aliphatic rings. The van der Waals surface area contributed by atoms with Gasteiger partial charge in [0.05, 0.1) is 19.1 Å². The van der Waals surface area contributed by atoms with Crippen LogP contribution in [0.3, 0.4) is 0 Å². The number of nitrogens with one attached hydrogen (secondary N) is 1. The molecule has 0 bridgehead atoms. The van der Waals surface area contributed by atoms with Crippen molar-refractivity contribution in [2.24, 2.45) is 0 Å². The average Bonchev–Trinajstić information content (AvgIpc) is 2.15. The molecule has 90 valence electrons. The predicted octanol–water partition coefficient (Wildman–Crippen LogP) is 1.08. The van der Waals surface area contributed by atoms with Crippen molar-refractivity contribution in [3.05, 3.63) is 0 Å². The maximum atomic E-state index is 11.0. The first-order chi connectivity index (χ1) is 7.10. The standard InChI is InChI=1S/C11H23NO3/c1-4-6-9(3)12-8-10(13)7-11(14)15-5-2/h9-10,12-13H,4-8H2,1-3H3. The molecule has 0 aromatic heterocycles. The number of hydrogen-bond acceptors (Lipinski definition) is 4. The molecule has 4 heteroatoms. The molecule has 0 aliphatic carbocycles. The van der Waals surface area contributed by atoms with Crippen LogP contribution in [0.4, 0.5) is 0 Å². The van der Waals surface area contributed by atoms with E-state index in [1.165, 1.54) is 0 Å². The van der Waals surface area contributed by atoms with Crippen LogP contribution in [-0.4, -0.2) is 36.4 Å². The SMILES string of the molecule is CCCC(C)NCC(O)CC(=O)OCC. The Morgan fingerprint density at radius 2 is 2.13 bits per heavy atom. The lowest BCUT2D eigenvalue weighted by molar-refractivity contribution is -0.145. The van der Waals surface area contributed by atoms with Gasteiger partial charge in [-0.25, -0.2) is 0 Å². The summed E-state index contributed by atoms with van der Waals surface area (Å²) >= 11 is 0. The summed E-state index contributed by atoms with van der Waals surface area (Å²) in [4.78, 5) is 11.0. The van der Waals surface area contributed by atoms with Gasteiger partial charge in [-0.05, 0) is 20.3 Å². The van der Waals surface area contributed by atoms with Crippen molar-refractivity contribution in [1.29, 1.82) is 0 Å². The Labute approximate surface area is 92.0 Å². The quantitative estimate of drug-likeness (QED) is 0.597. The van der Waals surface area contributed by atoms with E-state index in [9.17, 15) is 9.90 Å².